The van der Waals surface area contributed by atoms with Crippen molar-refractivity contribution in [2.45, 2.75) is 46.1 Å². The molecule has 1 rings (SSSR count). The summed E-state index contributed by atoms with van der Waals surface area (Å²) < 4.78 is 5.52. The van der Waals surface area contributed by atoms with Crippen LogP contribution in [0.25, 0.3) is 0 Å². The molecule has 0 bridgehead atoms. The second-order valence-electron chi connectivity index (χ2n) is 6.34. The van der Waals surface area contributed by atoms with Gasteiger partial charge < -0.3 is 15.8 Å². The van der Waals surface area contributed by atoms with E-state index in [9.17, 15) is 4.79 Å². The molecular formula is C17H28N2O2. The highest BCUT2D eigenvalue weighted by Crippen LogP contribution is 2.19. The maximum absolute atomic E-state index is 12.0. The van der Waals surface area contributed by atoms with E-state index in [1.807, 2.05) is 45.0 Å². The van der Waals surface area contributed by atoms with E-state index in [1.54, 1.807) is 0 Å². The van der Waals surface area contributed by atoms with Crippen LogP contribution in [0.1, 0.15) is 46.1 Å². The van der Waals surface area contributed by atoms with Gasteiger partial charge in [0.1, 0.15) is 5.75 Å². The maximum Gasteiger partial charge on any atom is 0.258 e. The number of carbonyl (C=O) groups is 1. The van der Waals surface area contributed by atoms with Crippen molar-refractivity contribution < 1.29 is 9.53 Å². The van der Waals surface area contributed by atoms with Gasteiger partial charge in [-0.2, -0.15) is 0 Å². The second kappa shape index (κ2) is 7.46. The Bertz CT molecular complexity index is 454. The summed E-state index contributed by atoms with van der Waals surface area (Å²) in [5.41, 5.74) is 6.60. The molecule has 0 fully saturated rings. The number of carbonyl (C=O) groups excluding carboxylic acids is 1. The van der Waals surface area contributed by atoms with Crippen molar-refractivity contribution in [3.63, 3.8) is 0 Å². The zero-order chi connectivity index (χ0) is 16.0. The highest BCUT2D eigenvalue weighted by atomic mass is 16.5. The minimum absolute atomic E-state index is 0.00331. The van der Waals surface area contributed by atoms with Gasteiger partial charge in [-0.25, -0.2) is 0 Å². The molecule has 0 aliphatic carbocycles. The van der Waals surface area contributed by atoms with E-state index in [1.165, 1.54) is 5.56 Å². The SMILES string of the molecule is CC(C)c1ccc(OCC(=O)NC(C)(CN)C(C)C)cc1. The summed E-state index contributed by atoms with van der Waals surface area (Å²) in [5.74, 6) is 1.30. The first-order chi connectivity index (χ1) is 9.78. The van der Waals surface area contributed by atoms with Gasteiger partial charge in [0.2, 0.25) is 0 Å². The summed E-state index contributed by atoms with van der Waals surface area (Å²) in [6.45, 7) is 10.7. The number of nitrogens with two attached hydrogens (primary N) is 1. The van der Waals surface area contributed by atoms with Crippen LogP contribution in [0.3, 0.4) is 0 Å². The topological polar surface area (TPSA) is 64.3 Å². The Morgan fingerprint density at radius 1 is 1.24 bits per heavy atom. The number of hydrogen-bond acceptors (Lipinski definition) is 3. The smallest absolute Gasteiger partial charge is 0.258 e. The Kier molecular flexibility index (Phi) is 6.21. The lowest BCUT2D eigenvalue weighted by Crippen LogP contribution is -2.56. The zero-order valence-corrected chi connectivity index (χ0v) is 13.8. The fourth-order valence-corrected chi connectivity index (χ4v) is 1.88. The van der Waals surface area contributed by atoms with Gasteiger partial charge >= 0.3 is 0 Å². The Labute approximate surface area is 128 Å². The first-order valence-corrected chi connectivity index (χ1v) is 7.52. The second-order valence-corrected chi connectivity index (χ2v) is 6.34. The molecule has 0 spiro atoms. The molecule has 1 atom stereocenters. The fraction of sp³-hybridized carbons (Fsp3) is 0.588. The third-order valence-electron chi connectivity index (χ3n) is 4.04. The van der Waals surface area contributed by atoms with Gasteiger partial charge in [-0.05, 0) is 36.5 Å². The van der Waals surface area contributed by atoms with Gasteiger partial charge in [0.05, 0.1) is 5.54 Å². The lowest BCUT2D eigenvalue weighted by atomic mass is 9.88. The average Bonchev–Trinajstić information content (AvgIpc) is 2.45. The molecule has 1 aromatic carbocycles. The summed E-state index contributed by atoms with van der Waals surface area (Å²) in [6, 6.07) is 7.84. The van der Waals surface area contributed by atoms with Crippen molar-refractivity contribution in [1.29, 1.82) is 0 Å². The average molecular weight is 292 g/mol. The summed E-state index contributed by atoms with van der Waals surface area (Å²) in [4.78, 5) is 12.0. The number of ether oxygens (including phenoxy) is 1. The molecule has 3 N–H and O–H groups in total. The molecule has 0 aliphatic heterocycles. The number of rotatable bonds is 7. The van der Waals surface area contributed by atoms with Crippen LogP contribution in [0.2, 0.25) is 0 Å². The van der Waals surface area contributed by atoms with Crippen LogP contribution < -0.4 is 15.8 Å². The standard InChI is InChI=1S/C17H28N2O2/c1-12(2)14-6-8-15(9-7-14)21-10-16(20)19-17(5,11-18)13(3)4/h6-9,12-13H,10-11,18H2,1-5H3,(H,19,20). The lowest BCUT2D eigenvalue weighted by molar-refractivity contribution is -0.125. The van der Waals surface area contributed by atoms with Crippen LogP contribution in [0.15, 0.2) is 24.3 Å². The molecule has 0 aromatic heterocycles. The van der Waals surface area contributed by atoms with Crippen LogP contribution in [0.5, 0.6) is 5.75 Å². The Morgan fingerprint density at radius 3 is 2.24 bits per heavy atom. The summed E-state index contributed by atoms with van der Waals surface area (Å²) >= 11 is 0. The summed E-state index contributed by atoms with van der Waals surface area (Å²) in [7, 11) is 0. The van der Waals surface area contributed by atoms with Crippen molar-refractivity contribution in [1.82, 2.24) is 5.32 Å². The third-order valence-corrected chi connectivity index (χ3v) is 4.04. The van der Waals surface area contributed by atoms with Crippen molar-refractivity contribution >= 4 is 5.91 Å². The molecule has 1 aromatic rings. The monoisotopic (exact) mass is 292 g/mol. The molecule has 1 unspecified atom stereocenters. The van der Waals surface area contributed by atoms with Gasteiger partial charge in [0, 0.05) is 6.54 Å². The molecule has 0 aliphatic rings. The number of amides is 1. The van der Waals surface area contributed by atoms with Crippen LogP contribution in [-0.2, 0) is 4.79 Å². The van der Waals surface area contributed by atoms with Gasteiger partial charge in [-0.15, -0.1) is 0 Å². The molecule has 0 radical (unpaired) electrons. The summed E-state index contributed by atoms with van der Waals surface area (Å²) in [5, 5.41) is 2.95. The van der Waals surface area contributed by atoms with Crippen molar-refractivity contribution in [2.75, 3.05) is 13.2 Å². The molecule has 4 heteroatoms. The van der Waals surface area contributed by atoms with Gasteiger partial charge in [-0.1, -0.05) is 39.8 Å². The lowest BCUT2D eigenvalue weighted by Gasteiger charge is -2.33. The highest BCUT2D eigenvalue weighted by molar-refractivity contribution is 5.78. The van der Waals surface area contributed by atoms with Gasteiger partial charge in [0.25, 0.3) is 5.91 Å². The molecule has 118 valence electrons. The Hall–Kier alpha value is -1.55. The molecule has 1 amide bonds. The molecule has 21 heavy (non-hydrogen) atoms. The van der Waals surface area contributed by atoms with E-state index in [2.05, 4.69) is 19.2 Å². The minimum atomic E-state index is -0.401. The van der Waals surface area contributed by atoms with E-state index in [0.717, 1.165) is 0 Å². The van der Waals surface area contributed by atoms with Gasteiger partial charge in [0.15, 0.2) is 6.61 Å². The maximum atomic E-state index is 12.0. The largest absolute Gasteiger partial charge is 0.484 e. The predicted octanol–water partition coefficient (Wildman–Crippen LogP) is 2.68. The Morgan fingerprint density at radius 2 is 1.81 bits per heavy atom. The fourth-order valence-electron chi connectivity index (χ4n) is 1.88. The van der Waals surface area contributed by atoms with Crippen molar-refractivity contribution in [2.24, 2.45) is 11.7 Å². The molecule has 0 saturated heterocycles. The van der Waals surface area contributed by atoms with E-state index >= 15 is 0 Å². The predicted molar refractivity (Wildman–Crippen MR) is 86.5 cm³/mol. The number of nitrogens with one attached hydrogen (secondary N) is 1. The van der Waals surface area contributed by atoms with Crippen LogP contribution in [0.4, 0.5) is 0 Å². The van der Waals surface area contributed by atoms with E-state index in [0.29, 0.717) is 18.2 Å². The molecular weight excluding hydrogens is 264 g/mol. The van der Waals surface area contributed by atoms with Crippen LogP contribution in [-0.4, -0.2) is 24.6 Å². The normalized spacial score (nSPS) is 14.1. The van der Waals surface area contributed by atoms with Gasteiger partial charge in [-0.3, -0.25) is 4.79 Å². The van der Waals surface area contributed by atoms with E-state index in [4.69, 9.17) is 10.5 Å². The zero-order valence-electron chi connectivity index (χ0n) is 13.8. The third kappa shape index (κ3) is 5.05. The minimum Gasteiger partial charge on any atom is -0.484 e. The van der Waals surface area contributed by atoms with Crippen molar-refractivity contribution in [3.05, 3.63) is 29.8 Å². The summed E-state index contributed by atoms with van der Waals surface area (Å²) in [6.07, 6.45) is 0. The Balaban J connectivity index is 2.53. The molecule has 4 nitrogen and oxygen atoms in total. The molecule has 0 heterocycles. The highest BCUT2D eigenvalue weighted by Gasteiger charge is 2.28. The number of benzene rings is 1. The van der Waals surface area contributed by atoms with Crippen molar-refractivity contribution in [3.8, 4) is 5.75 Å². The van der Waals surface area contributed by atoms with E-state index in [-0.39, 0.29) is 18.4 Å². The first-order valence-electron chi connectivity index (χ1n) is 7.52. The van der Waals surface area contributed by atoms with Crippen LogP contribution in [0, 0.1) is 5.92 Å². The molecule has 0 saturated carbocycles. The number of hydrogen-bond donors (Lipinski definition) is 2. The van der Waals surface area contributed by atoms with E-state index < -0.39 is 5.54 Å². The first kappa shape index (κ1) is 17.5. The van der Waals surface area contributed by atoms with Crippen LogP contribution >= 0.6 is 0 Å². The quantitative estimate of drug-likeness (QED) is 0.812.